The molecule has 24 heavy (non-hydrogen) atoms. The SMILES string of the molecule is COc1cc(CNC(=O)Cc2ccccc2Cl)cc(OC)c1OC. The maximum atomic E-state index is 12.1. The van der Waals surface area contributed by atoms with Gasteiger partial charge >= 0.3 is 0 Å². The third-order valence-electron chi connectivity index (χ3n) is 3.52. The van der Waals surface area contributed by atoms with Gasteiger partial charge in [-0.25, -0.2) is 0 Å². The molecule has 0 aliphatic rings. The van der Waals surface area contributed by atoms with Crippen molar-refractivity contribution in [3.63, 3.8) is 0 Å². The Morgan fingerprint density at radius 1 is 1.04 bits per heavy atom. The first-order valence-electron chi connectivity index (χ1n) is 7.38. The summed E-state index contributed by atoms with van der Waals surface area (Å²) < 4.78 is 15.9. The topological polar surface area (TPSA) is 56.8 Å². The van der Waals surface area contributed by atoms with Gasteiger partial charge in [0.1, 0.15) is 0 Å². The van der Waals surface area contributed by atoms with Gasteiger partial charge in [0.15, 0.2) is 11.5 Å². The van der Waals surface area contributed by atoms with Gasteiger partial charge in [-0.1, -0.05) is 29.8 Å². The minimum Gasteiger partial charge on any atom is -0.493 e. The molecule has 0 aromatic heterocycles. The van der Waals surface area contributed by atoms with Gasteiger partial charge in [-0.05, 0) is 29.3 Å². The highest BCUT2D eigenvalue weighted by molar-refractivity contribution is 6.31. The third kappa shape index (κ3) is 4.32. The molecule has 0 bridgehead atoms. The molecule has 6 heteroatoms. The average Bonchev–Trinajstić information content (AvgIpc) is 2.60. The van der Waals surface area contributed by atoms with Crippen LogP contribution in [0.15, 0.2) is 36.4 Å². The van der Waals surface area contributed by atoms with Crippen LogP contribution in [0, 0.1) is 0 Å². The number of benzene rings is 2. The van der Waals surface area contributed by atoms with Crippen molar-refractivity contribution in [2.45, 2.75) is 13.0 Å². The summed E-state index contributed by atoms with van der Waals surface area (Å²) in [5.41, 5.74) is 1.64. The molecular formula is C18H20ClNO4. The number of hydrogen-bond donors (Lipinski definition) is 1. The Kier molecular flexibility index (Phi) is 6.32. The van der Waals surface area contributed by atoms with Gasteiger partial charge < -0.3 is 19.5 Å². The zero-order valence-corrected chi connectivity index (χ0v) is 14.6. The smallest absolute Gasteiger partial charge is 0.224 e. The van der Waals surface area contributed by atoms with Gasteiger partial charge in [-0.15, -0.1) is 0 Å². The van der Waals surface area contributed by atoms with E-state index in [1.54, 1.807) is 39.5 Å². The summed E-state index contributed by atoms with van der Waals surface area (Å²) in [6.07, 6.45) is 0.226. The van der Waals surface area contributed by atoms with E-state index in [-0.39, 0.29) is 12.3 Å². The van der Waals surface area contributed by atoms with Crippen LogP contribution in [0.5, 0.6) is 17.2 Å². The minimum atomic E-state index is -0.114. The number of hydrogen-bond acceptors (Lipinski definition) is 4. The van der Waals surface area contributed by atoms with Crippen LogP contribution < -0.4 is 19.5 Å². The summed E-state index contributed by atoms with van der Waals surface area (Å²) in [6, 6.07) is 10.9. The van der Waals surface area contributed by atoms with Crippen LogP contribution >= 0.6 is 11.6 Å². The number of amides is 1. The van der Waals surface area contributed by atoms with Crippen molar-refractivity contribution in [2.75, 3.05) is 21.3 Å². The largest absolute Gasteiger partial charge is 0.493 e. The molecule has 0 spiro atoms. The molecule has 1 amide bonds. The van der Waals surface area contributed by atoms with E-state index in [2.05, 4.69) is 5.32 Å². The van der Waals surface area contributed by atoms with Crippen molar-refractivity contribution in [1.29, 1.82) is 0 Å². The van der Waals surface area contributed by atoms with Crippen molar-refractivity contribution >= 4 is 17.5 Å². The Hall–Kier alpha value is -2.40. The number of nitrogens with one attached hydrogen (secondary N) is 1. The van der Waals surface area contributed by atoms with Gasteiger partial charge in [0, 0.05) is 11.6 Å². The van der Waals surface area contributed by atoms with Crippen molar-refractivity contribution in [3.05, 3.63) is 52.5 Å². The fourth-order valence-corrected chi connectivity index (χ4v) is 2.52. The lowest BCUT2D eigenvalue weighted by molar-refractivity contribution is -0.120. The van der Waals surface area contributed by atoms with Crippen molar-refractivity contribution in [1.82, 2.24) is 5.32 Å². The summed E-state index contributed by atoms with van der Waals surface area (Å²) in [6.45, 7) is 0.347. The second kappa shape index (κ2) is 8.45. The number of carbonyl (C=O) groups excluding carboxylic acids is 1. The fourth-order valence-electron chi connectivity index (χ4n) is 2.32. The molecule has 2 rings (SSSR count). The maximum Gasteiger partial charge on any atom is 0.224 e. The molecule has 0 radical (unpaired) electrons. The van der Waals surface area contributed by atoms with Crippen LogP contribution in [-0.2, 0) is 17.8 Å². The van der Waals surface area contributed by atoms with E-state index in [0.29, 0.717) is 28.8 Å². The van der Waals surface area contributed by atoms with E-state index >= 15 is 0 Å². The fraction of sp³-hybridized carbons (Fsp3) is 0.278. The summed E-state index contributed by atoms with van der Waals surface area (Å²) in [7, 11) is 4.65. The Morgan fingerprint density at radius 2 is 1.67 bits per heavy atom. The number of rotatable bonds is 7. The molecule has 0 atom stereocenters. The van der Waals surface area contributed by atoms with E-state index < -0.39 is 0 Å². The monoisotopic (exact) mass is 349 g/mol. The van der Waals surface area contributed by atoms with Crippen LogP contribution in [0.3, 0.4) is 0 Å². The van der Waals surface area contributed by atoms with E-state index in [9.17, 15) is 4.79 Å². The number of carbonyl (C=O) groups is 1. The summed E-state index contributed by atoms with van der Waals surface area (Å²) in [5, 5.41) is 3.45. The highest BCUT2D eigenvalue weighted by Gasteiger charge is 2.14. The molecule has 0 saturated carbocycles. The Bertz CT molecular complexity index is 693. The highest BCUT2D eigenvalue weighted by atomic mass is 35.5. The molecule has 0 unspecified atom stereocenters. The predicted octanol–water partition coefficient (Wildman–Crippen LogP) is 3.22. The van der Waals surface area contributed by atoms with Crippen LogP contribution in [-0.4, -0.2) is 27.2 Å². The molecule has 128 valence electrons. The average molecular weight is 350 g/mol. The van der Waals surface area contributed by atoms with E-state index in [1.807, 2.05) is 18.2 Å². The minimum absolute atomic E-state index is 0.114. The third-order valence-corrected chi connectivity index (χ3v) is 3.89. The highest BCUT2D eigenvalue weighted by Crippen LogP contribution is 2.38. The van der Waals surface area contributed by atoms with Gasteiger partial charge in [0.25, 0.3) is 0 Å². The van der Waals surface area contributed by atoms with Crippen LogP contribution in [0.25, 0.3) is 0 Å². The van der Waals surface area contributed by atoms with Gasteiger partial charge in [-0.2, -0.15) is 0 Å². The lowest BCUT2D eigenvalue weighted by Gasteiger charge is -2.14. The van der Waals surface area contributed by atoms with Crippen LogP contribution in [0.1, 0.15) is 11.1 Å². The zero-order valence-electron chi connectivity index (χ0n) is 13.9. The Labute approximate surface area is 146 Å². The quantitative estimate of drug-likeness (QED) is 0.833. The molecule has 0 fully saturated rings. The number of methoxy groups -OCH3 is 3. The van der Waals surface area contributed by atoms with Crippen LogP contribution in [0.4, 0.5) is 0 Å². The standard InChI is InChI=1S/C18H20ClNO4/c1-22-15-8-12(9-16(23-2)18(15)24-3)11-20-17(21)10-13-6-4-5-7-14(13)19/h4-9H,10-11H2,1-3H3,(H,20,21). The molecule has 0 saturated heterocycles. The molecule has 2 aromatic carbocycles. The second-order valence-corrected chi connectivity index (χ2v) is 5.49. The first-order chi connectivity index (χ1) is 11.6. The predicted molar refractivity (Wildman–Crippen MR) is 93.1 cm³/mol. The van der Waals surface area contributed by atoms with E-state index in [1.165, 1.54) is 0 Å². The molecule has 0 aliphatic heterocycles. The molecular weight excluding hydrogens is 330 g/mol. The van der Waals surface area contributed by atoms with Crippen molar-refractivity contribution in [2.24, 2.45) is 0 Å². The van der Waals surface area contributed by atoms with E-state index in [4.69, 9.17) is 25.8 Å². The Balaban J connectivity index is 2.06. The maximum absolute atomic E-state index is 12.1. The number of ether oxygens (including phenoxy) is 3. The molecule has 2 aromatic rings. The molecule has 0 aliphatic carbocycles. The normalized spacial score (nSPS) is 10.2. The van der Waals surface area contributed by atoms with Gasteiger partial charge in [-0.3, -0.25) is 4.79 Å². The van der Waals surface area contributed by atoms with Crippen molar-refractivity contribution in [3.8, 4) is 17.2 Å². The first-order valence-corrected chi connectivity index (χ1v) is 7.75. The lowest BCUT2D eigenvalue weighted by Crippen LogP contribution is -2.24. The summed E-state index contributed by atoms with van der Waals surface area (Å²) in [5.74, 6) is 1.50. The number of halogens is 1. The first kappa shape index (κ1) is 17.9. The molecule has 0 heterocycles. The van der Waals surface area contributed by atoms with E-state index in [0.717, 1.165) is 11.1 Å². The molecule has 5 nitrogen and oxygen atoms in total. The van der Waals surface area contributed by atoms with Crippen LogP contribution in [0.2, 0.25) is 5.02 Å². The summed E-state index contributed by atoms with van der Waals surface area (Å²) >= 11 is 6.07. The lowest BCUT2D eigenvalue weighted by atomic mass is 10.1. The Morgan fingerprint density at radius 3 is 2.21 bits per heavy atom. The summed E-state index contributed by atoms with van der Waals surface area (Å²) in [4.78, 5) is 12.1. The molecule has 1 N–H and O–H groups in total. The second-order valence-electron chi connectivity index (χ2n) is 5.08. The zero-order chi connectivity index (χ0) is 17.5. The van der Waals surface area contributed by atoms with Gasteiger partial charge in [0.05, 0.1) is 27.8 Å². The van der Waals surface area contributed by atoms with Crippen molar-refractivity contribution < 1.29 is 19.0 Å². The van der Waals surface area contributed by atoms with Gasteiger partial charge in [0.2, 0.25) is 11.7 Å².